The second-order valence-electron chi connectivity index (χ2n) is 7.50. The van der Waals surface area contributed by atoms with Crippen LogP contribution in [0.5, 0.6) is 0 Å². The molecule has 0 radical (unpaired) electrons. The molecule has 1 amide bonds. The lowest BCUT2D eigenvalue weighted by Gasteiger charge is -2.36. The van der Waals surface area contributed by atoms with Crippen LogP contribution >= 0.6 is 0 Å². The van der Waals surface area contributed by atoms with E-state index in [0.717, 1.165) is 18.5 Å². The van der Waals surface area contributed by atoms with Crippen LogP contribution in [0.2, 0.25) is 0 Å². The molecule has 0 saturated carbocycles. The minimum absolute atomic E-state index is 0.0785. The SMILES string of the molecule is CCOC(=O)C1CCCN(/C=C(/C#N)C(=O)N2CCN(c3ccc(F)cc3)CC2)C1. The summed E-state index contributed by atoms with van der Waals surface area (Å²) < 4.78 is 18.2. The van der Waals surface area contributed by atoms with Crippen LogP contribution in [0.25, 0.3) is 0 Å². The molecule has 0 aliphatic carbocycles. The molecule has 0 aromatic heterocycles. The van der Waals surface area contributed by atoms with Crippen molar-refractivity contribution in [3.8, 4) is 6.07 Å². The Balaban J connectivity index is 1.59. The van der Waals surface area contributed by atoms with Gasteiger partial charge in [0.25, 0.3) is 5.91 Å². The summed E-state index contributed by atoms with van der Waals surface area (Å²) in [6, 6.07) is 8.32. The molecule has 2 heterocycles. The third-order valence-electron chi connectivity index (χ3n) is 5.49. The van der Waals surface area contributed by atoms with Gasteiger partial charge >= 0.3 is 5.97 Å². The molecule has 2 saturated heterocycles. The minimum Gasteiger partial charge on any atom is -0.466 e. The van der Waals surface area contributed by atoms with Crippen LogP contribution in [-0.2, 0) is 14.3 Å². The zero-order valence-electron chi connectivity index (χ0n) is 17.2. The van der Waals surface area contributed by atoms with Crippen molar-refractivity contribution >= 4 is 17.6 Å². The van der Waals surface area contributed by atoms with Gasteiger partial charge < -0.3 is 19.4 Å². The Labute approximate surface area is 176 Å². The van der Waals surface area contributed by atoms with E-state index in [1.165, 1.54) is 12.1 Å². The lowest BCUT2D eigenvalue weighted by molar-refractivity contribution is -0.149. The van der Waals surface area contributed by atoms with Crippen LogP contribution in [0, 0.1) is 23.1 Å². The molecule has 1 unspecified atom stereocenters. The summed E-state index contributed by atoms with van der Waals surface area (Å²) in [4.78, 5) is 30.5. The fourth-order valence-corrected chi connectivity index (χ4v) is 3.88. The van der Waals surface area contributed by atoms with Gasteiger partial charge in [-0.15, -0.1) is 0 Å². The number of carbonyl (C=O) groups is 2. The van der Waals surface area contributed by atoms with Crippen molar-refractivity contribution in [3.63, 3.8) is 0 Å². The highest BCUT2D eigenvalue weighted by Gasteiger charge is 2.28. The van der Waals surface area contributed by atoms with E-state index in [9.17, 15) is 19.2 Å². The summed E-state index contributed by atoms with van der Waals surface area (Å²) in [6.45, 7) is 5.48. The van der Waals surface area contributed by atoms with Crippen molar-refractivity contribution in [2.75, 3.05) is 50.8 Å². The van der Waals surface area contributed by atoms with Crippen LogP contribution in [0.1, 0.15) is 19.8 Å². The molecule has 0 bridgehead atoms. The van der Waals surface area contributed by atoms with Gasteiger partial charge in [0.15, 0.2) is 0 Å². The summed E-state index contributed by atoms with van der Waals surface area (Å²) in [7, 11) is 0. The molecular weight excluding hydrogens is 387 g/mol. The third-order valence-corrected chi connectivity index (χ3v) is 5.49. The number of hydrogen-bond acceptors (Lipinski definition) is 6. The van der Waals surface area contributed by atoms with Gasteiger partial charge in [-0.2, -0.15) is 5.26 Å². The van der Waals surface area contributed by atoms with Gasteiger partial charge in [-0.05, 0) is 44.0 Å². The first-order valence-corrected chi connectivity index (χ1v) is 10.3. The normalized spacial score (nSPS) is 20.0. The largest absolute Gasteiger partial charge is 0.466 e. The molecule has 2 aliphatic heterocycles. The van der Waals surface area contributed by atoms with Crippen LogP contribution in [-0.4, -0.2) is 67.6 Å². The molecule has 160 valence electrons. The van der Waals surface area contributed by atoms with Crippen molar-refractivity contribution in [2.24, 2.45) is 5.92 Å². The Morgan fingerprint density at radius 3 is 2.53 bits per heavy atom. The van der Waals surface area contributed by atoms with E-state index in [1.54, 1.807) is 30.2 Å². The Kier molecular flexibility index (Phi) is 7.28. The second-order valence-corrected chi connectivity index (χ2v) is 7.50. The van der Waals surface area contributed by atoms with E-state index in [1.807, 2.05) is 11.0 Å². The minimum atomic E-state index is -0.297. The number of piperazine rings is 1. The molecule has 7 nitrogen and oxygen atoms in total. The lowest BCUT2D eigenvalue weighted by atomic mass is 9.98. The number of halogens is 1. The number of piperidine rings is 1. The van der Waals surface area contributed by atoms with Crippen molar-refractivity contribution in [3.05, 3.63) is 41.9 Å². The van der Waals surface area contributed by atoms with E-state index in [2.05, 4.69) is 4.90 Å². The Morgan fingerprint density at radius 1 is 1.20 bits per heavy atom. The van der Waals surface area contributed by atoms with E-state index in [0.29, 0.717) is 45.9 Å². The molecule has 2 aliphatic rings. The Hall–Kier alpha value is -3.08. The van der Waals surface area contributed by atoms with Gasteiger partial charge in [0.05, 0.1) is 12.5 Å². The molecule has 1 atom stereocenters. The zero-order chi connectivity index (χ0) is 21.5. The molecule has 2 fully saturated rings. The average molecular weight is 414 g/mol. The maximum Gasteiger partial charge on any atom is 0.310 e. The Morgan fingerprint density at radius 2 is 1.90 bits per heavy atom. The van der Waals surface area contributed by atoms with Crippen LogP contribution in [0.3, 0.4) is 0 Å². The van der Waals surface area contributed by atoms with E-state index < -0.39 is 0 Å². The topological polar surface area (TPSA) is 76.9 Å². The molecule has 0 N–H and O–H groups in total. The number of nitrogens with zero attached hydrogens (tertiary/aromatic N) is 4. The van der Waals surface area contributed by atoms with Crippen molar-refractivity contribution in [1.82, 2.24) is 9.80 Å². The fourth-order valence-electron chi connectivity index (χ4n) is 3.88. The monoisotopic (exact) mass is 414 g/mol. The van der Waals surface area contributed by atoms with Gasteiger partial charge in [0.1, 0.15) is 17.5 Å². The number of rotatable bonds is 5. The van der Waals surface area contributed by atoms with Gasteiger partial charge in [-0.25, -0.2) is 4.39 Å². The summed E-state index contributed by atoms with van der Waals surface area (Å²) in [5.74, 6) is -1.03. The van der Waals surface area contributed by atoms with Gasteiger partial charge in [0.2, 0.25) is 0 Å². The molecule has 1 aromatic carbocycles. The maximum atomic E-state index is 13.1. The van der Waals surface area contributed by atoms with E-state index in [4.69, 9.17) is 4.74 Å². The number of likely N-dealkylation sites (tertiary alicyclic amines) is 1. The molecule has 8 heteroatoms. The highest BCUT2D eigenvalue weighted by Crippen LogP contribution is 2.20. The van der Waals surface area contributed by atoms with Crippen LogP contribution in [0.4, 0.5) is 10.1 Å². The van der Waals surface area contributed by atoms with E-state index >= 15 is 0 Å². The summed E-state index contributed by atoms with van der Waals surface area (Å²) in [6.07, 6.45) is 3.15. The zero-order valence-corrected chi connectivity index (χ0v) is 17.2. The average Bonchev–Trinajstić information content (AvgIpc) is 2.78. The van der Waals surface area contributed by atoms with Gasteiger partial charge in [-0.1, -0.05) is 0 Å². The first-order valence-electron chi connectivity index (χ1n) is 10.3. The first kappa shape index (κ1) is 21.6. The second kappa shape index (κ2) is 10.1. The molecular formula is C22H27FN4O3. The predicted molar refractivity (Wildman–Crippen MR) is 110 cm³/mol. The number of hydrogen-bond donors (Lipinski definition) is 0. The smallest absolute Gasteiger partial charge is 0.310 e. The number of ether oxygens (including phenoxy) is 1. The first-order chi connectivity index (χ1) is 14.5. The number of nitriles is 1. The van der Waals surface area contributed by atoms with Crippen LogP contribution in [0.15, 0.2) is 36.0 Å². The summed E-state index contributed by atoms with van der Waals surface area (Å²) in [5.41, 5.74) is 0.993. The van der Waals surface area contributed by atoms with Crippen molar-refractivity contribution in [2.45, 2.75) is 19.8 Å². The highest BCUT2D eigenvalue weighted by molar-refractivity contribution is 5.97. The fraction of sp³-hybridized carbons (Fsp3) is 0.500. The highest BCUT2D eigenvalue weighted by atomic mass is 19.1. The summed E-state index contributed by atoms with van der Waals surface area (Å²) >= 11 is 0. The van der Waals surface area contributed by atoms with Crippen LogP contribution < -0.4 is 4.90 Å². The number of amides is 1. The number of anilines is 1. The van der Waals surface area contributed by atoms with Gasteiger partial charge in [-0.3, -0.25) is 9.59 Å². The number of carbonyl (C=O) groups excluding carboxylic acids is 2. The summed E-state index contributed by atoms with van der Waals surface area (Å²) in [5, 5.41) is 9.54. The predicted octanol–water partition coefficient (Wildman–Crippen LogP) is 2.16. The number of benzene rings is 1. The quantitative estimate of drug-likeness (QED) is 0.418. The standard InChI is InChI=1S/C22H27FN4O3/c1-2-30-22(29)17-4-3-9-25(15-17)16-18(14-24)21(28)27-12-10-26(11-13-27)20-7-5-19(23)6-8-20/h5-8,16-17H,2-4,9-13,15H2,1H3/b18-16-. The number of esters is 1. The van der Waals surface area contributed by atoms with Gasteiger partial charge in [0, 0.05) is 51.2 Å². The van der Waals surface area contributed by atoms with Crippen molar-refractivity contribution in [1.29, 1.82) is 5.26 Å². The molecule has 30 heavy (non-hydrogen) atoms. The molecule has 3 rings (SSSR count). The molecule has 1 aromatic rings. The maximum absolute atomic E-state index is 13.1. The van der Waals surface area contributed by atoms with Crippen molar-refractivity contribution < 1.29 is 18.7 Å². The Bertz CT molecular complexity index is 826. The lowest BCUT2D eigenvalue weighted by Crippen LogP contribution is -2.49. The van der Waals surface area contributed by atoms with E-state index in [-0.39, 0.29) is 29.2 Å². The molecule has 0 spiro atoms. The third kappa shape index (κ3) is 5.29.